The Hall–Kier alpha value is -2.26. The number of rotatable bonds is 4. The fourth-order valence-electron chi connectivity index (χ4n) is 1.17. The first-order chi connectivity index (χ1) is 10.1. The summed E-state index contributed by atoms with van der Waals surface area (Å²) < 4.78 is 0. The van der Waals surface area contributed by atoms with Crippen molar-refractivity contribution in [1.29, 1.82) is 0 Å². The quantitative estimate of drug-likeness (QED) is 0.308. The third kappa shape index (κ3) is 6.15. The van der Waals surface area contributed by atoms with Crippen molar-refractivity contribution >= 4 is 46.6 Å². The third-order valence-corrected chi connectivity index (χ3v) is 2.84. The summed E-state index contributed by atoms with van der Waals surface area (Å²) in [6, 6.07) is 6.53. The number of hydrazone groups is 2. The number of benzene rings is 1. The minimum atomic E-state index is 0.170. The molecular formula is C12H16N6OS2. The molecule has 0 aliphatic rings. The van der Waals surface area contributed by atoms with Gasteiger partial charge in [0.1, 0.15) is 11.5 Å². The van der Waals surface area contributed by atoms with Gasteiger partial charge in [-0.3, -0.25) is 10.9 Å². The van der Waals surface area contributed by atoms with Crippen LogP contribution >= 0.6 is 24.4 Å². The molecule has 0 aliphatic carbocycles. The highest BCUT2D eigenvalue weighted by Gasteiger charge is 2.02. The lowest BCUT2D eigenvalue weighted by atomic mass is 10.1. The van der Waals surface area contributed by atoms with E-state index in [-0.39, 0.29) is 5.75 Å². The van der Waals surface area contributed by atoms with E-state index in [0.29, 0.717) is 15.9 Å². The number of hydrogen-bond acceptors (Lipinski definition) is 5. The molecule has 0 aromatic heterocycles. The van der Waals surface area contributed by atoms with Crippen LogP contribution in [0.15, 0.2) is 34.5 Å². The highest BCUT2D eigenvalue weighted by atomic mass is 32.1. The summed E-state index contributed by atoms with van der Waals surface area (Å²) >= 11 is 9.87. The van der Waals surface area contributed by atoms with Crippen molar-refractivity contribution in [3.8, 4) is 5.75 Å². The van der Waals surface area contributed by atoms with Crippen LogP contribution in [0.5, 0.6) is 5.75 Å². The molecule has 0 unspecified atom stereocenters. The number of hydrogen-bond donors (Lipinski definition) is 5. The first-order valence-corrected chi connectivity index (χ1v) is 6.74. The van der Waals surface area contributed by atoms with Crippen LogP contribution < -0.4 is 21.5 Å². The van der Waals surface area contributed by atoms with Crippen molar-refractivity contribution in [2.75, 3.05) is 14.1 Å². The monoisotopic (exact) mass is 324 g/mol. The first kappa shape index (κ1) is 16.8. The molecule has 0 heterocycles. The fourth-order valence-corrected chi connectivity index (χ4v) is 1.27. The maximum atomic E-state index is 9.32. The average molecular weight is 324 g/mol. The van der Waals surface area contributed by atoms with E-state index >= 15 is 0 Å². The molecule has 1 rings (SSSR count). The molecule has 7 nitrogen and oxygen atoms in total. The van der Waals surface area contributed by atoms with Gasteiger partial charge in [-0.2, -0.15) is 10.2 Å². The molecule has 0 aliphatic heterocycles. The Morgan fingerprint density at radius 2 is 1.62 bits per heavy atom. The van der Waals surface area contributed by atoms with Crippen LogP contribution in [0.25, 0.3) is 0 Å². The van der Waals surface area contributed by atoms with Gasteiger partial charge < -0.3 is 15.7 Å². The number of aromatic hydroxyl groups is 1. The summed E-state index contributed by atoms with van der Waals surface area (Å²) in [6.07, 6.45) is 1.49. The minimum Gasteiger partial charge on any atom is -0.508 e. The Morgan fingerprint density at radius 1 is 1.05 bits per heavy atom. The summed E-state index contributed by atoms with van der Waals surface area (Å²) in [4.78, 5) is 0. The third-order valence-electron chi connectivity index (χ3n) is 2.25. The lowest BCUT2D eigenvalue weighted by Crippen LogP contribution is -2.30. The van der Waals surface area contributed by atoms with E-state index < -0.39 is 0 Å². The molecule has 21 heavy (non-hydrogen) atoms. The second-order valence-corrected chi connectivity index (χ2v) is 4.50. The molecule has 1 aromatic rings. The van der Waals surface area contributed by atoms with Crippen LogP contribution in [0.3, 0.4) is 0 Å². The average Bonchev–Trinajstić information content (AvgIpc) is 2.50. The van der Waals surface area contributed by atoms with Gasteiger partial charge in [-0.05, 0) is 48.7 Å². The summed E-state index contributed by atoms with van der Waals surface area (Å²) in [7, 11) is 3.37. The van der Waals surface area contributed by atoms with Crippen molar-refractivity contribution in [1.82, 2.24) is 21.5 Å². The van der Waals surface area contributed by atoms with Crippen LogP contribution in [-0.4, -0.2) is 41.4 Å². The highest BCUT2D eigenvalue weighted by molar-refractivity contribution is 7.80. The van der Waals surface area contributed by atoms with Gasteiger partial charge in [-0.1, -0.05) is 0 Å². The van der Waals surface area contributed by atoms with Gasteiger partial charge in [0.05, 0.1) is 6.21 Å². The van der Waals surface area contributed by atoms with Gasteiger partial charge >= 0.3 is 0 Å². The zero-order chi connectivity index (χ0) is 15.7. The van der Waals surface area contributed by atoms with Crippen molar-refractivity contribution in [3.63, 3.8) is 0 Å². The molecule has 0 spiro atoms. The lowest BCUT2D eigenvalue weighted by Gasteiger charge is -2.05. The van der Waals surface area contributed by atoms with Gasteiger partial charge in [0, 0.05) is 19.7 Å². The van der Waals surface area contributed by atoms with E-state index in [2.05, 4.69) is 31.7 Å². The SMILES string of the molecule is CNC(=S)NN=CC(=NNC(=S)NC)c1ccc(O)cc1. The maximum Gasteiger partial charge on any atom is 0.186 e. The van der Waals surface area contributed by atoms with Gasteiger partial charge in [0.2, 0.25) is 0 Å². The van der Waals surface area contributed by atoms with Crippen LogP contribution in [0.1, 0.15) is 5.56 Å². The van der Waals surface area contributed by atoms with Crippen molar-refractivity contribution in [2.45, 2.75) is 0 Å². The minimum absolute atomic E-state index is 0.170. The Morgan fingerprint density at radius 3 is 2.19 bits per heavy atom. The topological polar surface area (TPSA) is 93.1 Å². The van der Waals surface area contributed by atoms with Gasteiger partial charge in [-0.25, -0.2) is 0 Å². The standard InChI is InChI=1S/C12H16N6OS2/c1-13-11(20)17-15-7-10(16-18-12(21)14-2)8-3-5-9(19)6-4-8/h3-7,19H,1-2H3,(H2,13,17,20)(H2,14,18,21). The molecule has 112 valence electrons. The molecule has 9 heteroatoms. The largest absolute Gasteiger partial charge is 0.508 e. The van der Waals surface area contributed by atoms with E-state index in [1.54, 1.807) is 38.4 Å². The molecule has 0 fully saturated rings. The predicted octanol–water partition coefficient (Wildman–Crippen LogP) is 0.270. The maximum absolute atomic E-state index is 9.32. The Bertz CT molecular complexity index is 555. The molecule has 0 radical (unpaired) electrons. The second-order valence-electron chi connectivity index (χ2n) is 3.68. The van der Waals surface area contributed by atoms with E-state index in [0.717, 1.165) is 5.56 Å². The Labute approximate surface area is 133 Å². The van der Waals surface area contributed by atoms with Crippen molar-refractivity contribution < 1.29 is 5.11 Å². The van der Waals surface area contributed by atoms with Crippen LogP contribution in [0.2, 0.25) is 0 Å². The zero-order valence-electron chi connectivity index (χ0n) is 11.5. The smallest absolute Gasteiger partial charge is 0.186 e. The van der Waals surface area contributed by atoms with Gasteiger partial charge in [0.15, 0.2) is 10.2 Å². The van der Waals surface area contributed by atoms with Crippen molar-refractivity contribution in [3.05, 3.63) is 29.8 Å². The normalized spacial score (nSPS) is 11.0. The fraction of sp³-hybridized carbons (Fsp3) is 0.167. The number of nitrogens with one attached hydrogen (secondary N) is 4. The molecule has 0 saturated heterocycles. The second kappa shape index (κ2) is 8.82. The molecule has 0 bridgehead atoms. The molecule has 5 N–H and O–H groups in total. The summed E-state index contributed by atoms with van der Waals surface area (Å²) in [6.45, 7) is 0. The van der Waals surface area contributed by atoms with Gasteiger partial charge in [-0.15, -0.1) is 0 Å². The Balaban J connectivity index is 2.91. The number of nitrogens with zero attached hydrogens (tertiary/aromatic N) is 2. The van der Waals surface area contributed by atoms with Gasteiger partial charge in [0.25, 0.3) is 0 Å². The highest BCUT2D eigenvalue weighted by Crippen LogP contribution is 2.09. The van der Waals surface area contributed by atoms with E-state index in [1.165, 1.54) is 6.21 Å². The summed E-state index contributed by atoms with van der Waals surface area (Å²) in [5.41, 5.74) is 6.57. The zero-order valence-corrected chi connectivity index (χ0v) is 13.2. The Kier molecular flexibility index (Phi) is 7.05. The van der Waals surface area contributed by atoms with Crippen LogP contribution in [-0.2, 0) is 0 Å². The van der Waals surface area contributed by atoms with E-state index in [9.17, 15) is 5.11 Å². The van der Waals surface area contributed by atoms with Crippen molar-refractivity contribution in [2.24, 2.45) is 10.2 Å². The van der Waals surface area contributed by atoms with Crippen LogP contribution in [0, 0.1) is 0 Å². The summed E-state index contributed by atoms with van der Waals surface area (Å²) in [5, 5.41) is 23.7. The number of thiocarbonyl (C=S) groups is 2. The number of phenolic OH excluding ortho intramolecular Hbond substituents is 1. The molecule has 1 aromatic carbocycles. The molecule has 0 saturated carbocycles. The molecule has 0 atom stereocenters. The lowest BCUT2D eigenvalue weighted by molar-refractivity contribution is 0.475. The summed E-state index contributed by atoms with van der Waals surface area (Å²) in [5.74, 6) is 0.170. The molecular weight excluding hydrogens is 308 g/mol. The van der Waals surface area contributed by atoms with E-state index in [4.69, 9.17) is 24.4 Å². The predicted molar refractivity (Wildman–Crippen MR) is 92.7 cm³/mol. The van der Waals surface area contributed by atoms with E-state index in [1.807, 2.05) is 0 Å². The van der Waals surface area contributed by atoms with Crippen LogP contribution in [0.4, 0.5) is 0 Å². The molecule has 0 amide bonds. The first-order valence-electron chi connectivity index (χ1n) is 5.92. The number of phenols is 1.